The van der Waals surface area contributed by atoms with E-state index in [0.717, 1.165) is 28.0 Å². The van der Waals surface area contributed by atoms with E-state index in [-0.39, 0.29) is 0 Å². The van der Waals surface area contributed by atoms with E-state index in [1.165, 1.54) is 0 Å². The molecule has 0 bridgehead atoms. The van der Waals surface area contributed by atoms with Gasteiger partial charge < -0.3 is 5.73 Å². The average molecular weight is 221 g/mol. The Hall–Kier alpha value is -2.42. The van der Waals surface area contributed by atoms with Gasteiger partial charge in [0.05, 0.1) is 5.69 Å². The third kappa shape index (κ3) is 1.83. The number of nitrogen functional groups attached to an aromatic ring is 1. The van der Waals surface area contributed by atoms with E-state index in [2.05, 4.69) is 9.97 Å². The number of benzene rings is 1. The van der Waals surface area contributed by atoms with Crippen LogP contribution in [0.3, 0.4) is 0 Å². The first kappa shape index (κ1) is 9.78. The molecule has 0 saturated heterocycles. The third-order valence-electron chi connectivity index (χ3n) is 2.67. The van der Waals surface area contributed by atoms with Gasteiger partial charge in [0.25, 0.3) is 0 Å². The summed E-state index contributed by atoms with van der Waals surface area (Å²) in [7, 11) is 0. The van der Waals surface area contributed by atoms with Gasteiger partial charge in [-0.3, -0.25) is 0 Å². The number of rotatable bonds is 1. The molecule has 2 N–H and O–H groups in total. The Bertz CT molecular complexity index is 660. The fourth-order valence-corrected chi connectivity index (χ4v) is 1.77. The SMILES string of the molecule is Nc1ccc(-c2ccc3cccnc3n2)cc1. The minimum absolute atomic E-state index is 0.757. The molecule has 2 aromatic heterocycles. The van der Waals surface area contributed by atoms with Crippen LogP contribution in [0.15, 0.2) is 54.7 Å². The van der Waals surface area contributed by atoms with Gasteiger partial charge in [-0.05, 0) is 36.4 Å². The van der Waals surface area contributed by atoms with E-state index in [1.54, 1.807) is 6.20 Å². The molecule has 3 aromatic rings. The van der Waals surface area contributed by atoms with Gasteiger partial charge in [0, 0.05) is 22.8 Å². The molecule has 0 amide bonds. The lowest BCUT2D eigenvalue weighted by Crippen LogP contribution is -1.88. The van der Waals surface area contributed by atoms with Crippen LogP contribution in [0.2, 0.25) is 0 Å². The van der Waals surface area contributed by atoms with Crippen molar-refractivity contribution in [2.24, 2.45) is 0 Å². The van der Waals surface area contributed by atoms with E-state index in [1.807, 2.05) is 48.5 Å². The van der Waals surface area contributed by atoms with E-state index in [9.17, 15) is 0 Å². The van der Waals surface area contributed by atoms with Crippen molar-refractivity contribution in [3.05, 3.63) is 54.7 Å². The highest BCUT2D eigenvalue weighted by atomic mass is 14.8. The summed E-state index contributed by atoms with van der Waals surface area (Å²) >= 11 is 0. The first-order valence-corrected chi connectivity index (χ1v) is 5.41. The smallest absolute Gasteiger partial charge is 0.159 e. The van der Waals surface area contributed by atoms with Crippen molar-refractivity contribution in [1.29, 1.82) is 0 Å². The standard InChI is InChI=1S/C14H11N3/c15-12-6-3-10(4-7-12)13-8-5-11-2-1-9-16-14(11)17-13/h1-9H,15H2. The molecule has 0 saturated carbocycles. The maximum atomic E-state index is 5.66. The number of anilines is 1. The fraction of sp³-hybridized carbons (Fsp3) is 0. The summed E-state index contributed by atoms with van der Waals surface area (Å²) in [5, 5.41) is 1.05. The molecule has 0 radical (unpaired) electrons. The zero-order valence-electron chi connectivity index (χ0n) is 9.17. The zero-order chi connectivity index (χ0) is 11.7. The zero-order valence-corrected chi connectivity index (χ0v) is 9.17. The summed E-state index contributed by atoms with van der Waals surface area (Å²) in [5.41, 5.74) is 9.15. The van der Waals surface area contributed by atoms with Crippen molar-refractivity contribution in [2.75, 3.05) is 5.73 Å². The predicted molar refractivity (Wildman–Crippen MR) is 69.4 cm³/mol. The van der Waals surface area contributed by atoms with Crippen LogP contribution in [0.4, 0.5) is 5.69 Å². The fourth-order valence-electron chi connectivity index (χ4n) is 1.77. The van der Waals surface area contributed by atoms with E-state index in [0.29, 0.717) is 0 Å². The number of nitrogens with zero attached hydrogens (tertiary/aromatic N) is 2. The van der Waals surface area contributed by atoms with Gasteiger partial charge in [-0.1, -0.05) is 12.1 Å². The quantitative estimate of drug-likeness (QED) is 0.643. The number of aromatic nitrogens is 2. The van der Waals surface area contributed by atoms with Crippen molar-refractivity contribution in [1.82, 2.24) is 9.97 Å². The maximum absolute atomic E-state index is 5.66. The summed E-state index contributed by atoms with van der Waals surface area (Å²) in [4.78, 5) is 8.77. The Labute approximate surface area is 98.9 Å². The lowest BCUT2D eigenvalue weighted by atomic mass is 10.1. The van der Waals surface area contributed by atoms with Gasteiger partial charge in [-0.15, -0.1) is 0 Å². The average Bonchev–Trinajstić information content (AvgIpc) is 2.39. The van der Waals surface area contributed by atoms with E-state index >= 15 is 0 Å². The summed E-state index contributed by atoms with van der Waals surface area (Å²) in [6.07, 6.45) is 1.75. The van der Waals surface area contributed by atoms with Crippen LogP contribution < -0.4 is 5.73 Å². The Morgan fingerprint density at radius 3 is 2.53 bits per heavy atom. The van der Waals surface area contributed by atoms with Crippen LogP contribution in [0.25, 0.3) is 22.3 Å². The molecule has 82 valence electrons. The maximum Gasteiger partial charge on any atom is 0.159 e. The molecule has 0 aliphatic rings. The first-order valence-electron chi connectivity index (χ1n) is 5.41. The van der Waals surface area contributed by atoms with Gasteiger partial charge in [0.2, 0.25) is 0 Å². The number of nitrogens with two attached hydrogens (primary N) is 1. The summed E-state index contributed by atoms with van der Waals surface area (Å²) in [6, 6.07) is 15.6. The van der Waals surface area contributed by atoms with Crippen molar-refractivity contribution < 1.29 is 0 Å². The van der Waals surface area contributed by atoms with Gasteiger partial charge in [-0.25, -0.2) is 9.97 Å². The van der Waals surface area contributed by atoms with Crippen LogP contribution in [-0.4, -0.2) is 9.97 Å². The molecular formula is C14H11N3. The first-order chi connectivity index (χ1) is 8.33. The van der Waals surface area contributed by atoms with Gasteiger partial charge in [-0.2, -0.15) is 0 Å². The topological polar surface area (TPSA) is 51.8 Å². The summed E-state index contributed by atoms with van der Waals surface area (Å²) in [6.45, 7) is 0. The molecule has 0 unspecified atom stereocenters. The van der Waals surface area contributed by atoms with Gasteiger partial charge in [0.1, 0.15) is 0 Å². The molecule has 0 atom stereocenters. The monoisotopic (exact) mass is 221 g/mol. The highest BCUT2D eigenvalue weighted by molar-refractivity contribution is 5.78. The largest absolute Gasteiger partial charge is 0.399 e. The van der Waals surface area contributed by atoms with Crippen molar-refractivity contribution in [3.8, 4) is 11.3 Å². The van der Waals surface area contributed by atoms with Crippen molar-refractivity contribution in [2.45, 2.75) is 0 Å². The lowest BCUT2D eigenvalue weighted by molar-refractivity contribution is 1.29. The van der Waals surface area contributed by atoms with E-state index < -0.39 is 0 Å². The van der Waals surface area contributed by atoms with E-state index in [4.69, 9.17) is 5.73 Å². The Morgan fingerprint density at radius 1 is 0.882 bits per heavy atom. The molecule has 17 heavy (non-hydrogen) atoms. The highest BCUT2D eigenvalue weighted by Crippen LogP contribution is 2.20. The predicted octanol–water partition coefficient (Wildman–Crippen LogP) is 2.88. The minimum Gasteiger partial charge on any atom is -0.399 e. The van der Waals surface area contributed by atoms with Crippen LogP contribution in [0, 0.1) is 0 Å². The molecule has 3 nitrogen and oxygen atoms in total. The van der Waals surface area contributed by atoms with Crippen LogP contribution in [-0.2, 0) is 0 Å². The molecular weight excluding hydrogens is 210 g/mol. The van der Waals surface area contributed by atoms with Gasteiger partial charge in [0.15, 0.2) is 5.65 Å². The Balaban J connectivity index is 2.14. The van der Waals surface area contributed by atoms with Crippen LogP contribution in [0.1, 0.15) is 0 Å². The molecule has 1 aromatic carbocycles. The summed E-state index contributed by atoms with van der Waals surface area (Å²) < 4.78 is 0. The second kappa shape index (κ2) is 3.87. The third-order valence-corrected chi connectivity index (χ3v) is 2.67. The number of fused-ring (bicyclic) bond motifs is 1. The highest BCUT2D eigenvalue weighted by Gasteiger charge is 2.01. The lowest BCUT2D eigenvalue weighted by Gasteiger charge is -2.02. The molecule has 0 fully saturated rings. The molecule has 0 spiro atoms. The molecule has 0 aliphatic heterocycles. The Kier molecular flexibility index (Phi) is 2.22. The second-order valence-electron chi connectivity index (χ2n) is 3.87. The van der Waals surface area contributed by atoms with Crippen molar-refractivity contribution >= 4 is 16.7 Å². The van der Waals surface area contributed by atoms with Crippen molar-refractivity contribution in [3.63, 3.8) is 0 Å². The van der Waals surface area contributed by atoms with Crippen LogP contribution in [0.5, 0.6) is 0 Å². The van der Waals surface area contributed by atoms with Crippen LogP contribution >= 0.6 is 0 Å². The van der Waals surface area contributed by atoms with Gasteiger partial charge >= 0.3 is 0 Å². The number of pyridine rings is 2. The molecule has 0 aliphatic carbocycles. The number of hydrogen-bond acceptors (Lipinski definition) is 3. The molecule has 3 rings (SSSR count). The summed E-state index contributed by atoms with van der Waals surface area (Å²) in [5.74, 6) is 0. The normalized spacial score (nSPS) is 10.6. The minimum atomic E-state index is 0.757. The number of hydrogen-bond donors (Lipinski definition) is 1. The molecule has 3 heteroatoms. The Morgan fingerprint density at radius 2 is 1.71 bits per heavy atom. The molecule has 2 heterocycles. The second-order valence-corrected chi connectivity index (χ2v) is 3.87.